The van der Waals surface area contributed by atoms with Crippen molar-refractivity contribution in [1.82, 2.24) is 5.32 Å². The predicted octanol–water partition coefficient (Wildman–Crippen LogP) is -0.973. The molecule has 1 aliphatic heterocycles. The molecule has 1 aliphatic rings. The average molecular weight is 180 g/mol. The Hall–Kier alpha value is -0.970. The molecule has 4 N–H and O–H groups in total. The molecule has 6 heteroatoms. The van der Waals surface area contributed by atoms with E-state index in [1.165, 1.54) is 0 Å². The van der Waals surface area contributed by atoms with Crippen LogP contribution in [0, 0.1) is 5.92 Å². The Morgan fingerprint density at radius 2 is 2.45 bits per heavy atom. The van der Waals surface area contributed by atoms with Crippen molar-refractivity contribution in [2.75, 3.05) is 13.1 Å². The molecule has 0 aromatic rings. The molecule has 0 fully saturated rings. The van der Waals surface area contributed by atoms with Crippen LogP contribution in [-0.2, 0) is 4.79 Å². The largest absolute Gasteiger partial charge is 0.481 e. The zero-order valence-electron chi connectivity index (χ0n) is 5.78. The van der Waals surface area contributed by atoms with Crippen LogP contribution in [0.15, 0.2) is 4.99 Å². The van der Waals surface area contributed by atoms with Gasteiger partial charge < -0.3 is 16.2 Å². The number of halogens is 1. The quantitative estimate of drug-likeness (QED) is 0.483. The molecule has 0 amide bonds. The van der Waals surface area contributed by atoms with Crippen LogP contribution in [0.5, 0.6) is 0 Å². The monoisotopic (exact) mass is 179 g/mol. The summed E-state index contributed by atoms with van der Waals surface area (Å²) in [6, 6.07) is 0. The summed E-state index contributed by atoms with van der Waals surface area (Å²) in [7, 11) is 0. The fourth-order valence-corrected chi connectivity index (χ4v) is 0.722. The third kappa shape index (κ3) is 2.63. The first-order chi connectivity index (χ1) is 4.70. The van der Waals surface area contributed by atoms with Gasteiger partial charge in [-0.3, -0.25) is 9.79 Å². The zero-order chi connectivity index (χ0) is 7.56. The van der Waals surface area contributed by atoms with E-state index in [0.29, 0.717) is 12.5 Å². The summed E-state index contributed by atoms with van der Waals surface area (Å²) in [5.74, 6) is -0.923. The number of nitrogens with zero attached hydrogens (tertiary/aromatic N) is 1. The molecule has 0 spiro atoms. The Balaban J connectivity index is 0.000001000. The second-order valence-corrected chi connectivity index (χ2v) is 2.14. The molecule has 0 aromatic carbocycles. The minimum absolute atomic E-state index is 0. The lowest BCUT2D eigenvalue weighted by atomic mass is 10.1. The van der Waals surface area contributed by atoms with Gasteiger partial charge in [0.25, 0.3) is 0 Å². The molecular weight excluding hydrogens is 170 g/mol. The van der Waals surface area contributed by atoms with Crippen LogP contribution < -0.4 is 11.1 Å². The summed E-state index contributed by atoms with van der Waals surface area (Å²) in [6.07, 6.45) is 0. The SMILES string of the molecule is Cl.NC1=NCC(C(=O)O)CN1. The summed E-state index contributed by atoms with van der Waals surface area (Å²) in [5.41, 5.74) is 5.24. The van der Waals surface area contributed by atoms with E-state index >= 15 is 0 Å². The van der Waals surface area contributed by atoms with Gasteiger partial charge in [-0.1, -0.05) is 0 Å². The van der Waals surface area contributed by atoms with Crippen molar-refractivity contribution >= 4 is 24.3 Å². The number of rotatable bonds is 1. The van der Waals surface area contributed by atoms with Crippen LogP contribution in [0.3, 0.4) is 0 Å². The minimum atomic E-state index is -0.830. The van der Waals surface area contributed by atoms with Crippen LogP contribution in [0.1, 0.15) is 0 Å². The van der Waals surface area contributed by atoms with Gasteiger partial charge in [-0.05, 0) is 0 Å². The fourth-order valence-electron chi connectivity index (χ4n) is 0.722. The Bertz CT molecular complexity index is 183. The van der Waals surface area contributed by atoms with Gasteiger partial charge in [-0.15, -0.1) is 12.4 Å². The number of hydrogen-bond acceptors (Lipinski definition) is 4. The van der Waals surface area contributed by atoms with E-state index in [9.17, 15) is 4.79 Å². The van der Waals surface area contributed by atoms with Crippen LogP contribution in [0.25, 0.3) is 0 Å². The lowest BCUT2D eigenvalue weighted by Crippen LogP contribution is -2.43. The molecule has 64 valence electrons. The van der Waals surface area contributed by atoms with Gasteiger partial charge >= 0.3 is 5.97 Å². The number of nitrogens with one attached hydrogen (secondary N) is 1. The molecule has 0 aliphatic carbocycles. The van der Waals surface area contributed by atoms with E-state index < -0.39 is 11.9 Å². The molecule has 1 unspecified atom stereocenters. The first kappa shape index (κ1) is 10.0. The number of carbonyl (C=O) groups is 1. The molecule has 1 atom stereocenters. The lowest BCUT2D eigenvalue weighted by Gasteiger charge is -2.16. The molecule has 0 saturated heterocycles. The van der Waals surface area contributed by atoms with E-state index in [4.69, 9.17) is 10.8 Å². The molecule has 0 aromatic heterocycles. The molecule has 0 bridgehead atoms. The van der Waals surface area contributed by atoms with Gasteiger partial charge in [0.2, 0.25) is 0 Å². The maximum atomic E-state index is 10.3. The van der Waals surface area contributed by atoms with E-state index in [-0.39, 0.29) is 19.0 Å². The van der Waals surface area contributed by atoms with E-state index in [0.717, 1.165) is 0 Å². The van der Waals surface area contributed by atoms with E-state index in [1.807, 2.05) is 0 Å². The van der Waals surface area contributed by atoms with E-state index in [1.54, 1.807) is 0 Å². The summed E-state index contributed by atoms with van der Waals surface area (Å²) < 4.78 is 0. The summed E-state index contributed by atoms with van der Waals surface area (Å²) in [4.78, 5) is 14.0. The molecule has 11 heavy (non-hydrogen) atoms. The Morgan fingerprint density at radius 3 is 2.82 bits per heavy atom. The molecule has 1 heterocycles. The van der Waals surface area contributed by atoms with Crippen molar-refractivity contribution < 1.29 is 9.90 Å². The van der Waals surface area contributed by atoms with Crippen LogP contribution >= 0.6 is 12.4 Å². The third-order valence-electron chi connectivity index (χ3n) is 1.36. The maximum absolute atomic E-state index is 10.3. The van der Waals surface area contributed by atoms with Crippen molar-refractivity contribution in [3.63, 3.8) is 0 Å². The summed E-state index contributed by atoms with van der Waals surface area (Å²) >= 11 is 0. The first-order valence-corrected chi connectivity index (χ1v) is 2.96. The maximum Gasteiger partial charge on any atom is 0.310 e. The number of aliphatic imine (C=N–C) groups is 1. The Kier molecular flexibility index (Phi) is 3.67. The molecule has 1 rings (SSSR count). The van der Waals surface area contributed by atoms with Crippen molar-refractivity contribution in [3.8, 4) is 0 Å². The van der Waals surface area contributed by atoms with Crippen molar-refractivity contribution in [2.24, 2.45) is 16.6 Å². The van der Waals surface area contributed by atoms with Crippen LogP contribution in [-0.4, -0.2) is 30.1 Å². The number of aliphatic carboxylic acids is 1. The van der Waals surface area contributed by atoms with Gasteiger partial charge in [-0.25, -0.2) is 0 Å². The summed E-state index contributed by atoms with van der Waals surface area (Å²) in [5, 5.41) is 11.1. The Morgan fingerprint density at radius 1 is 1.82 bits per heavy atom. The Labute approximate surface area is 70.1 Å². The van der Waals surface area contributed by atoms with Gasteiger partial charge in [-0.2, -0.15) is 0 Å². The standard InChI is InChI=1S/C5H9N3O2.ClH/c6-5-7-1-3(2-8-5)4(9)10;/h3H,1-2H2,(H,9,10)(H3,6,7,8);1H. The van der Waals surface area contributed by atoms with Crippen LogP contribution in [0.2, 0.25) is 0 Å². The van der Waals surface area contributed by atoms with Gasteiger partial charge in [0.15, 0.2) is 5.96 Å². The van der Waals surface area contributed by atoms with E-state index in [2.05, 4.69) is 10.3 Å². The molecule has 0 saturated carbocycles. The predicted molar refractivity (Wildman–Crippen MR) is 42.9 cm³/mol. The highest BCUT2D eigenvalue weighted by Crippen LogP contribution is 1.98. The van der Waals surface area contributed by atoms with Crippen molar-refractivity contribution in [1.29, 1.82) is 0 Å². The lowest BCUT2D eigenvalue weighted by molar-refractivity contribution is -0.141. The number of carboxylic acid groups (broad SMARTS) is 1. The van der Waals surface area contributed by atoms with Crippen molar-refractivity contribution in [2.45, 2.75) is 0 Å². The highest BCUT2D eigenvalue weighted by molar-refractivity contribution is 5.85. The molecule has 0 radical (unpaired) electrons. The van der Waals surface area contributed by atoms with Crippen molar-refractivity contribution in [3.05, 3.63) is 0 Å². The number of carboxylic acids is 1. The number of nitrogens with two attached hydrogens (primary N) is 1. The second kappa shape index (κ2) is 4.02. The normalized spacial score (nSPS) is 22.5. The zero-order valence-corrected chi connectivity index (χ0v) is 6.60. The fraction of sp³-hybridized carbons (Fsp3) is 0.600. The number of hydrogen-bond donors (Lipinski definition) is 3. The van der Waals surface area contributed by atoms with Gasteiger partial charge in [0.1, 0.15) is 0 Å². The molecular formula is C5H10ClN3O2. The van der Waals surface area contributed by atoms with Gasteiger partial charge in [0, 0.05) is 6.54 Å². The minimum Gasteiger partial charge on any atom is -0.481 e. The van der Waals surface area contributed by atoms with Crippen LogP contribution in [0.4, 0.5) is 0 Å². The number of guanidine groups is 1. The molecule has 5 nitrogen and oxygen atoms in total. The first-order valence-electron chi connectivity index (χ1n) is 2.96. The third-order valence-corrected chi connectivity index (χ3v) is 1.36. The average Bonchev–Trinajstić information content (AvgIpc) is 1.88. The topological polar surface area (TPSA) is 87.7 Å². The summed E-state index contributed by atoms with van der Waals surface area (Å²) in [6.45, 7) is 0.666. The smallest absolute Gasteiger partial charge is 0.310 e. The van der Waals surface area contributed by atoms with Gasteiger partial charge in [0.05, 0.1) is 12.5 Å². The highest BCUT2D eigenvalue weighted by atomic mass is 35.5. The highest BCUT2D eigenvalue weighted by Gasteiger charge is 2.19. The second-order valence-electron chi connectivity index (χ2n) is 2.14.